The van der Waals surface area contributed by atoms with Crippen LogP contribution in [0.4, 0.5) is 4.39 Å². The summed E-state index contributed by atoms with van der Waals surface area (Å²) >= 11 is 0. The molecular formula is C18H17FO4. The average molecular weight is 316 g/mol. The number of methoxy groups -OCH3 is 1. The van der Waals surface area contributed by atoms with E-state index in [4.69, 9.17) is 4.74 Å². The number of carbonyl (C=O) groups excluding carboxylic acids is 2. The fourth-order valence-corrected chi connectivity index (χ4v) is 2.08. The summed E-state index contributed by atoms with van der Waals surface area (Å²) in [5.74, 6) is -1.14. The minimum atomic E-state index is -0.440. The van der Waals surface area contributed by atoms with Crippen molar-refractivity contribution in [3.05, 3.63) is 71.0 Å². The lowest BCUT2D eigenvalue weighted by Crippen LogP contribution is -2.07. The summed E-state index contributed by atoms with van der Waals surface area (Å²) in [4.78, 5) is 23.2. The maximum absolute atomic E-state index is 13.0. The van der Waals surface area contributed by atoms with E-state index in [0.717, 1.165) is 5.56 Å². The molecule has 0 saturated carbocycles. The summed E-state index contributed by atoms with van der Waals surface area (Å²) in [5, 5.41) is 0. The van der Waals surface area contributed by atoms with Crippen LogP contribution in [0.5, 0.6) is 0 Å². The summed E-state index contributed by atoms with van der Waals surface area (Å²) < 4.78 is 22.8. The first kappa shape index (κ1) is 16.7. The highest BCUT2D eigenvalue weighted by molar-refractivity contribution is 5.89. The molecule has 0 atom stereocenters. The lowest BCUT2D eigenvalue weighted by molar-refractivity contribution is -0.144. The Morgan fingerprint density at radius 3 is 2.52 bits per heavy atom. The number of halogens is 1. The van der Waals surface area contributed by atoms with Gasteiger partial charge in [-0.1, -0.05) is 24.3 Å². The molecule has 0 bridgehead atoms. The van der Waals surface area contributed by atoms with Crippen molar-refractivity contribution in [2.75, 3.05) is 7.11 Å². The molecule has 0 aromatic heterocycles. The third-order valence-electron chi connectivity index (χ3n) is 3.25. The molecule has 23 heavy (non-hydrogen) atoms. The van der Waals surface area contributed by atoms with Gasteiger partial charge in [0, 0.05) is 6.42 Å². The van der Waals surface area contributed by atoms with Gasteiger partial charge in [-0.25, -0.2) is 9.18 Å². The number of hydrogen-bond donors (Lipinski definition) is 0. The highest BCUT2D eigenvalue weighted by Crippen LogP contribution is 2.10. The summed E-state index contributed by atoms with van der Waals surface area (Å²) in [6, 6.07) is 12.8. The van der Waals surface area contributed by atoms with Gasteiger partial charge in [-0.05, 0) is 41.8 Å². The number of carbonyl (C=O) groups is 2. The van der Waals surface area contributed by atoms with Crippen molar-refractivity contribution in [2.45, 2.75) is 19.4 Å². The van der Waals surface area contributed by atoms with E-state index in [-0.39, 0.29) is 24.8 Å². The molecule has 0 radical (unpaired) electrons. The zero-order chi connectivity index (χ0) is 16.7. The highest BCUT2D eigenvalue weighted by atomic mass is 19.1. The van der Waals surface area contributed by atoms with Gasteiger partial charge in [0.05, 0.1) is 12.7 Å². The highest BCUT2D eigenvalue weighted by Gasteiger charge is 2.08. The van der Waals surface area contributed by atoms with E-state index in [2.05, 4.69) is 4.74 Å². The van der Waals surface area contributed by atoms with Crippen LogP contribution in [0.15, 0.2) is 48.5 Å². The molecule has 0 unspecified atom stereocenters. The van der Waals surface area contributed by atoms with Gasteiger partial charge in [0.15, 0.2) is 0 Å². The van der Waals surface area contributed by atoms with Crippen LogP contribution in [0.25, 0.3) is 0 Å². The average Bonchev–Trinajstić information content (AvgIpc) is 2.57. The van der Waals surface area contributed by atoms with Crippen molar-refractivity contribution in [1.82, 2.24) is 0 Å². The van der Waals surface area contributed by atoms with E-state index in [0.29, 0.717) is 17.5 Å². The first-order valence-corrected chi connectivity index (χ1v) is 7.16. The summed E-state index contributed by atoms with van der Waals surface area (Å²) in [6.07, 6.45) is 0.582. The van der Waals surface area contributed by atoms with E-state index >= 15 is 0 Å². The van der Waals surface area contributed by atoms with Crippen LogP contribution in [-0.4, -0.2) is 19.0 Å². The molecule has 5 heteroatoms. The molecule has 0 aliphatic carbocycles. The quantitative estimate of drug-likeness (QED) is 0.767. The number of esters is 2. The maximum atomic E-state index is 13.0. The Kier molecular flexibility index (Phi) is 5.86. The number of benzene rings is 2. The van der Waals surface area contributed by atoms with Crippen LogP contribution < -0.4 is 0 Å². The Labute approximate surface area is 133 Å². The lowest BCUT2D eigenvalue weighted by Gasteiger charge is -2.06. The predicted octanol–water partition coefficient (Wildman–Crippen LogP) is 3.29. The Balaban J connectivity index is 1.83. The van der Waals surface area contributed by atoms with Gasteiger partial charge in [-0.3, -0.25) is 4.79 Å². The Morgan fingerprint density at radius 1 is 1.04 bits per heavy atom. The molecule has 0 saturated heterocycles. The SMILES string of the molecule is COC(=O)c1cccc(COC(=O)CCc2cccc(F)c2)c1. The minimum Gasteiger partial charge on any atom is -0.465 e. The van der Waals surface area contributed by atoms with Crippen molar-refractivity contribution in [1.29, 1.82) is 0 Å². The smallest absolute Gasteiger partial charge is 0.337 e. The first-order chi connectivity index (χ1) is 11.1. The standard InChI is InChI=1S/C18H17FO4/c1-22-18(21)15-6-2-5-14(10-15)12-23-17(20)9-8-13-4-3-7-16(19)11-13/h2-7,10-11H,8-9,12H2,1H3. The van der Waals surface area contributed by atoms with E-state index in [1.54, 1.807) is 36.4 Å². The van der Waals surface area contributed by atoms with Gasteiger partial charge in [0.25, 0.3) is 0 Å². The number of rotatable bonds is 6. The van der Waals surface area contributed by atoms with E-state index in [9.17, 15) is 14.0 Å². The van der Waals surface area contributed by atoms with Crippen molar-refractivity contribution in [2.24, 2.45) is 0 Å². The maximum Gasteiger partial charge on any atom is 0.337 e. The molecule has 0 heterocycles. The first-order valence-electron chi connectivity index (χ1n) is 7.16. The van der Waals surface area contributed by atoms with Crippen molar-refractivity contribution in [3.8, 4) is 0 Å². The van der Waals surface area contributed by atoms with Crippen molar-refractivity contribution >= 4 is 11.9 Å². The zero-order valence-corrected chi connectivity index (χ0v) is 12.8. The fraction of sp³-hybridized carbons (Fsp3) is 0.222. The molecule has 0 spiro atoms. The normalized spacial score (nSPS) is 10.2. The van der Waals surface area contributed by atoms with E-state index in [1.807, 2.05) is 0 Å². The molecule has 0 aliphatic rings. The third kappa shape index (κ3) is 5.21. The fourth-order valence-electron chi connectivity index (χ4n) is 2.08. The molecule has 0 fully saturated rings. The van der Waals surface area contributed by atoms with E-state index in [1.165, 1.54) is 19.2 Å². The summed E-state index contributed by atoms with van der Waals surface area (Å²) in [6.45, 7) is 0.0762. The molecule has 2 aromatic carbocycles. The van der Waals surface area contributed by atoms with Crippen LogP contribution in [0, 0.1) is 5.82 Å². The van der Waals surface area contributed by atoms with Gasteiger partial charge in [-0.15, -0.1) is 0 Å². The van der Waals surface area contributed by atoms with Crippen LogP contribution in [-0.2, 0) is 27.3 Å². The largest absolute Gasteiger partial charge is 0.465 e. The molecule has 0 amide bonds. The molecule has 0 aliphatic heterocycles. The van der Waals surface area contributed by atoms with Gasteiger partial charge >= 0.3 is 11.9 Å². The number of aryl methyl sites for hydroxylation is 1. The van der Waals surface area contributed by atoms with E-state index < -0.39 is 5.97 Å². The predicted molar refractivity (Wildman–Crippen MR) is 82.3 cm³/mol. The van der Waals surface area contributed by atoms with Gasteiger partial charge in [-0.2, -0.15) is 0 Å². The number of hydrogen-bond acceptors (Lipinski definition) is 4. The molecule has 2 rings (SSSR count). The number of ether oxygens (including phenoxy) is 2. The Morgan fingerprint density at radius 2 is 1.78 bits per heavy atom. The molecule has 4 nitrogen and oxygen atoms in total. The molecular weight excluding hydrogens is 299 g/mol. The second kappa shape index (κ2) is 8.08. The van der Waals surface area contributed by atoms with Crippen LogP contribution in [0.1, 0.15) is 27.9 Å². The summed E-state index contributed by atoms with van der Waals surface area (Å²) in [5.41, 5.74) is 1.85. The van der Waals surface area contributed by atoms with Gasteiger partial charge < -0.3 is 9.47 Å². The third-order valence-corrected chi connectivity index (χ3v) is 3.25. The molecule has 0 N–H and O–H groups in total. The molecule has 120 valence electrons. The van der Waals surface area contributed by atoms with Crippen molar-refractivity contribution in [3.63, 3.8) is 0 Å². The Hall–Kier alpha value is -2.69. The van der Waals surface area contributed by atoms with Gasteiger partial charge in [0.1, 0.15) is 12.4 Å². The van der Waals surface area contributed by atoms with Crippen LogP contribution >= 0.6 is 0 Å². The summed E-state index contributed by atoms with van der Waals surface area (Å²) in [7, 11) is 1.31. The zero-order valence-electron chi connectivity index (χ0n) is 12.8. The van der Waals surface area contributed by atoms with Crippen LogP contribution in [0.3, 0.4) is 0 Å². The van der Waals surface area contributed by atoms with Gasteiger partial charge in [0.2, 0.25) is 0 Å². The van der Waals surface area contributed by atoms with Crippen LogP contribution in [0.2, 0.25) is 0 Å². The second-order valence-electron chi connectivity index (χ2n) is 4.98. The monoisotopic (exact) mass is 316 g/mol. The molecule has 2 aromatic rings. The second-order valence-corrected chi connectivity index (χ2v) is 4.98. The topological polar surface area (TPSA) is 52.6 Å². The Bertz CT molecular complexity index is 697. The minimum absolute atomic E-state index is 0.0762. The lowest BCUT2D eigenvalue weighted by atomic mass is 10.1. The van der Waals surface area contributed by atoms with Crippen molar-refractivity contribution < 1.29 is 23.5 Å².